The molecule has 1 heterocycles. The van der Waals surface area contributed by atoms with Gasteiger partial charge in [-0.1, -0.05) is 19.9 Å². The van der Waals surface area contributed by atoms with Gasteiger partial charge in [0.05, 0.1) is 0 Å². The summed E-state index contributed by atoms with van der Waals surface area (Å²) in [4.78, 5) is 26.3. The molecule has 0 bridgehead atoms. The molecular formula is C11H14N2O3. The zero-order chi connectivity index (χ0) is 12.1. The molecule has 0 aliphatic rings. The molecule has 1 amide bonds. The van der Waals surface area contributed by atoms with Gasteiger partial charge in [-0.25, -0.2) is 4.79 Å². The van der Waals surface area contributed by atoms with E-state index in [0.29, 0.717) is 0 Å². The normalized spacial score (nSPS) is 12.2. The number of carboxylic acids is 1. The summed E-state index contributed by atoms with van der Waals surface area (Å²) in [7, 11) is 0. The van der Waals surface area contributed by atoms with Crippen molar-refractivity contribution in [2.75, 3.05) is 0 Å². The average Bonchev–Trinajstić information content (AvgIpc) is 2.25. The van der Waals surface area contributed by atoms with Crippen LogP contribution >= 0.6 is 0 Å². The zero-order valence-corrected chi connectivity index (χ0v) is 9.18. The van der Waals surface area contributed by atoms with Crippen LogP contribution in [0.25, 0.3) is 0 Å². The van der Waals surface area contributed by atoms with E-state index in [1.807, 2.05) is 0 Å². The summed E-state index contributed by atoms with van der Waals surface area (Å²) in [6.45, 7) is 3.47. The molecule has 0 radical (unpaired) electrons. The first-order valence-corrected chi connectivity index (χ1v) is 4.97. The fourth-order valence-corrected chi connectivity index (χ4v) is 1.23. The van der Waals surface area contributed by atoms with E-state index in [0.717, 1.165) is 0 Å². The SMILES string of the molecule is CC(C)[C@@H](NC(=O)c1ccccn1)C(=O)O. The van der Waals surface area contributed by atoms with Crippen LogP contribution in [0.5, 0.6) is 0 Å². The van der Waals surface area contributed by atoms with E-state index < -0.39 is 17.9 Å². The molecular weight excluding hydrogens is 208 g/mol. The molecule has 2 N–H and O–H groups in total. The third-order valence-corrected chi connectivity index (χ3v) is 2.12. The lowest BCUT2D eigenvalue weighted by molar-refractivity contribution is -0.140. The highest BCUT2D eigenvalue weighted by Crippen LogP contribution is 2.03. The molecule has 1 atom stereocenters. The third kappa shape index (κ3) is 3.05. The maximum absolute atomic E-state index is 11.6. The minimum atomic E-state index is -1.04. The van der Waals surface area contributed by atoms with Crippen LogP contribution in [0.15, 0.2) is 24.4 Å². The fourth-order valence-electron chi connectivity index (χ4n) is 1.23. The van der Waals surface area contributed by atoms with Crippen molar-refractivity contribution in [1.82, 2.24) is 10.3 Å². The summed E-state index contributed by atoms with van der Waals surface area (Å²) >= 11 is 0. The molecule has 0 spiro atoms. The Morgan fingerprint density at radius 3 is 2.50 bits per heavy atom. The van der Waals surface area contributed by atoms with Crippen molar-refractivity contribution >= 4 is 11.9 Å². The summed E-state index contributed by atoms with van der Waals surface area (Å²) in [5.41, 5.74) is 0.217. The number of carbonyl (C=O) groups is 2. The fraction of sp³-hybridized carbons (Fsp3) is 0.364. The molecule has 0 aliphatic heterocycles. The van der Waals surface area contributed by atoms with Gasteiger partial charge in [-0.3, -0.25) is 9.78 Å². The molecule has 0 unspecified atom stereocenters. The largest absolute Gasteiger partial charge is 0.480 e. The highest BCUT2D eigenvalue weighted by Gasteiger charge is 2.24. The first kappa shape index (κ1) is 12.2. The van der Waals surface area contributed by atoms with Crippen molar-refractivity contribution in [3.63, 3.8) is 0 Å². The average molecular weight is 222 g/mol. The molecule has 0 fully saturated rings. The van der Waals surface area contributed by atoms with Crippen LogP contribution < -0.4 is 5.32 Å². The predicted octanol–water partition coefficient (Wildman–Crippen LogP) is 0.921. The Hall–Kier alpha value is -1.91. The Bertz CT molecular complexity index is 376. The molecule has 0 saturated heterocycles. The van der Waals surface area contributed by atoms with E-state index in [-0.39, 0.29) is 11.6 Å². The standard InChI is InChI=1S/C11H14N2O3/c1-7(2)9(11(15)16)13-10(14)8-5-3-4-6-12-8/h3-7,9H,1-2H3,(H,13,14)(H,15,16)/t9-/m1/s1. The smallest absolute Gasteiger partial charge is 0.326 e. The molecule has 16 heavy (non-hydrogen) atoms. The number of amides is 1. The van der Waals surface area contributed by atoms with Crippen molar-refractivity contribution in [2.24, 2.45) is 5.92 Å². The number of carbonyl (C=O) groups excluding carboxylic acids is 1. The Morgan fingerprint density at radius 1 is 1.38 bits per heavy atom. The molecule has 0 aromatic carbocycles. The highest BCUT2D eigenvalue weighted by molar-refractivity contribution is 5.94. The van der Waals surface area contributed by atoms with Crippen molar-refractivity contribution in [3.05, 3.63) is 30.1 Å². The van der Waals surface area contributed by atoms with Gasteiger partial charge in [0.1, 0.15) is 11.7 Å². The van der Waals surface area contributed by atoms with Gasteiger partial charge in [0.25, 0.3) is 5.91 Å². The zero-order valence-electron chi connectivity index (χ0n) is 9.18. The van der Waals surface area contributed by atoms with Crippen LogP contribution in [-0.2, 0) is 4.79 Å². The quantitative estimate of drug-likeness (QED) is 0.794. The van der Waals surface area contributed by atoms with E-state index >= 15 is 0 Å². The number of pyridine rings is 1. The number of hydrogen-bond donors (Lipinski definition) is 2. The first-order chi connectivity index (χ1) is 7.52. The van der Waals surface area contributed by atoms with Gasteiger partial charge in [-0.05, 0) is 18.1 Å². The molecule has 0 saturated carbocycles. The van der Waals surface area contributed by atoms with Gasteiger partial charge in [0.15, 0.2) is 0 Å². The van der Waals surface area contributed by atoms with Gasteiger partial charge in [0.2, 0.25) is 0 Å². The number of aliphatic carboxylic acids is 1. The van der Waals surface area contributed by atoms with E-state index in [1.165, 1.54) is 12.3 Å². The lowest BCUT2D eigenvalue weighted by atomic mass is 10.0. The molecule has 0 aliphatic carbocycles. The van der Waals surface area contributed by atoms with Crippen molar-refractivity contribution in [1.29, 1.82) is 0 Å². The van der Waals surface area contributed by atoms with Gasteiger partial charge >= 0.3 is 5.97 Å². The molecule has 1 aromatic heterocycles. The number of hydrogen-bond acceptors (Lipinski definition) is 3. The lowest BCUT2D eigenvalue weighted by Gasteiger charge is -2.17. The second kappa shape index (κ2) is 5.25. The van der Waals surface area contributed by atoms with Crippen LogP contribution in [0, 0.1) is 5.92 Å². The monoisotopic (exact) mass is 222 g/mol. The van der Waals surface area contributed by atoms with Crippen molar-refractivity contribution < 1.29 is 14.7 Å². The highest BCUT2D eigenvalue weighted by atomic mass is 16.4. The van der Waals surface area contributed by atoms with Crippen molar-refractivity contribution in [3.8, 4) is 0 Å². The Morgan fingerprint density at radius 2 is 2.06 bits per heavy atom. The summed E-state index contributed by atoms with van der Waals surface area (Å²) < 4.78 is 0. The number of nitrogens with zero attached hydrogens (tertiary/aromatic N) is 1. The maximum atomic E-state index is 11.6. The molecule has 86 valence electrons. The Balaban J connectivity index is 2.74. The number of rotatable bonds is 4. The van der Waals surface area contributed by atoms with E-state index in [1.54, 1.807) is 26.0 Å². The van der Waals surface area contributed by atoms with Gasteiger partial charge in [-0.15, -0.1) is 0 Å². The summed E-state index contributed by atoms with van der Waals surface area (Å²) in [5.74, 6) is -1.69. The van der Waals surface area contributed by atoms with Crippen LogP contribution in [0.3, 0.4) is 0 Å². The minimum Gasteiger partial charge on any atom is -0.480 e. The lowest BCUT2D eigenvalue weighted by Crippen LogP contribution is -2.44. The topological polar surface area (TPSA) is 79.3 Å². The summed E-state index contributed by atoms with van der Waals surface area (Å²) in [6.07, 6.45) is 1.49. The van der Waals surface area contributed by atoms with Crippen LogP contribution in [0.1, 0.15) is 24.3 Å². The van der Waals surface area contributed by atoms with Gasteiger partial charge in [-0.2, -0.15) is 0 Å². The van der Waals surface area contributed by atoms with E-state index in [2.05, 4.69) is 10.3 Å². The van der Waals surface area contributed by atoms with E-state index in [9.17, 15) is 9.59 Å². The molecule has 5 nitrogen and oxygen atoms in total. The van der Waals surface area contributed by atoms with Crippen LogP contribution in [0.2, 0.25) is 0 Å². The third-order valence-electron chi connectivity index (χ3n) is 2.12. The van der Waals surface area contributed by atoms with E-state index in [4.69, 9.17) is 5.11 Å². The maximum Gasteiger partial charge on any atom is 0.326 e. The molecule has 5 heteroatoms. The second-order valence-electron chi connectivity index (χ2n) is 3.75. The number of carboxylic acid groups (broad SMARTS) is 1. The minimum absolute atomic E-state index is 0.176. The van der Waals surface area contributed by atoms with Gasteiger partial charge in [0, 0.05) is 6.20 Å². The second-order valence-corrected chi connectivity index (χ2v) is 3.75. The van der Waals surface area contributed by atoms with Crippen molar-refractivity contribution in [2.45, 2.75) is 19.9 Å². The molecule has 1 aromatic rings. The van der Waals surface area contributed by atoms with Gasteiger partial charge < -0.3 is 10.4 Å². The molecule has 1 rings (SSSR count). The Labute approximate surface area is 93.5 Å². The van der Waals surface area contributed by atoms with Crippen LogP contribution in [0.4, 0.5) is 0 Å². The summed E-state index contributed by atoms with van der Waals surface area (Å²) in [5, 5.41) is 11.3. The first-order valence-electron chi connectivity index (χ1n) is 4.97. The van der Waals surface area contributed by atoms with Crippen LogP contribution in [-0.4, -0.2) is 28.0 Å². The predicted molar refractivity (Wildman–Crippen MR) is 58.0 cm³/mol. The summed E-state index contributed by atoms with van der Waals surface area (Å²) in [6, 6.07) is 4.00. The Kier molecular flexibility index (Phi) is 3.99. The number of aromatic nitrogens is 1. The number of nitrogens with one attached hydrogen (secondary N) is 1.